The van der Waals surface area contributed by atoms with Crippen LogP contribution in [0.25, 0.3) is 22.0 Å². The molecule has 0 radical (unpaired) electrons. The molecule has 0 atom stereocenters. The summed E-state index contributed by atoms with van der Waals surface area (Å²) in [6.07, 6.45) is 2.04. The summed E-state index contributed by atoms with van der Waals surface area (Å²) in [5, 5.41) is 11.0. The third kappa shape index (κ3) is 3.48. The van der Waals surface area contributed by atoms with Crippen molar-refractivity contribution in [3.05, 3.63) is 94.5 Å². The molecule has 29 heavy (non-hydrogen) atoms. The van der Waals surface area contributed by atoms with Gasteiger partial charge < -0.3 is 15.4 Å². The molecule has 2 heterocycles. The molecule has 6 nitrogen and oxygen atoms in total. The van der Waals surface area contributed by atoms with Crippen molar-refractivity contribution in [3.8, 4) is 16.9 Å². The lowest BCUT2D eigenvalue weighted by molar-refractivity contribution is 0.0993. The zero-order valence-corrected chi connectivity index (χ0v) is 15.6. The number of carbonyl (C=O) groups excluding carboxylic acids is 1. The summed E-state index contributed by atoms with van der Waals surface area (Å²) < 4.78 is 1.59. The number of aromatic nitrogens is 2. The molecule has 0 aliphatic rings. The zero-order chi connectivity index (χ0) is 20.4. The van der Waals surface area contributed by atoms with Gasteiger partial charge in [-0.2, -0.15) is 0 Å². The number of nitrogens with zero attached hydrogens (tertiary/aromatic N) is 2. The molecule has 0 unspecified atom stereocenters. The van der Waals surface area contributed by atoms with E-state index in [1.807, 2.05) is 60.7 Å². The number of carbonyl (C=O) groups is 1. The molecule has 4 rings (SSSR count). The first-order valence-corrected chi connectivity index (χ1v) is 9.21. The fourth-order valence-electron chi connectivity index (χ4n) is 3.44. The van der Waals surface area contributed by atoms with Crippen molar-refractivity contribution < 1.29 is 9.90 Å². The van der Waals surface area contributed by atoms with Crippen LogP contribution in [-0.2, 0) is 13.0 Å². The van der Waals surface area contributed by atoms with Crippen molar-refractivity contribution in [2.45, 2.75) is 13.0 Å². The van der Waals surface area contributed by atoms with Crippen LogP contribution in [0, 0.1) is 0 Å². The molecule has 0 saturated carbocycles. The molecule has 0 spiro atoms. The average molecular weight is 385 g/mol. The molecule has 2 aromatic heterocycles. The number of aromatic hydroxyl groups is 1. The second-order valence-corrected chi connectivity index (χ2v) is 6.74. The van der Waals surface area contributed by atoms with Crippen LogP contribution in [0.2, 0.25) is 0 Å². The van der Waals surface area contributed by atoms with E-state index in [0.717, 1.165) is 11.1 Å². The van der Waals surface area contributed by atoms with E-state index < -0.39 is 5.91 Å². The Morgan fingerprint density at radius 3 is 2.34 bits per heavy atom. The molecular formula is C23H19N3O3. The van der Waals surface area contributed by atoms with Gasteiger partial charge in [0.05, 0.1) is 11.7 Å². The Labute approximate surface area is 166 Å². The minimum atomic E-state index is -0.826. The lowest BCUT2D eigenvalue weighted by Gasteiger charge is -2.15. The molecule has 2 aromatic carbocycles. The highest BCUT2D eigenvalue weighted by atomic mass is 16.3. The highest BCUT2D eigenvalue weighted by molar-refractivity contribution is 6.00. The van der Waals surface area contributed by atoms with Gasteiger partial charge in [-0.05, 0) is 23.6 Å². The molecule has 0 bridgehead atoms. The number of rotatable bonds is 5. The number of aryl methyl sites for hydroxylation is 2. The van der Waals surface area contributed by atoms with Gasteiger partial charge in [0.15, 0.2) is 11.4 Å². The van der Waals surface area contributed by atoms with Gasteiger partial charge in [-0.3, -0.25) is 9.59 Å². The monoisotopic (exact) mass is 385 g/mol. The molecule has 1 amide bonds. The summed E-state index contributed by atoms with van der Waals surface area (Å²) in [7, 11) is 0. The molecule has 0 fully saturated rings. The molecule has 0 aliphatic carbocycles. The summed E-state index contributed by atoms with van der Waals surface area (Å²) >= 11 is 0. The van der Waals surface area contributed by atoms with Gasteiger partial charge in [0.2, 0.25) is 0 Å². The molecule has 4 aromatic rings. The maximum Gasteiger partial charge on any atom is 0.271 e. The summed E-state index contributed by atoms with van der Waals surface area (Å²) in [5.41, 5.74) is 7.62. The second kappa shape index (κ2) is 7.59. The standard InChI is InChI=1S/C23H19N3O3/c24-22(28)20-21(27)18-13-17(16-9-5-2-6-10-16)23(29)26(19(18)14-25-20)12-11-15-7-3-1-4-8-15/h1-10,13-14,27H,11-12H2,(H2,24,28). The highest BCUT2D eigenvalue weighted by Gasteiger charge is 2.18. The van der Waals surface area contributed by atoms with E-state index in [1.165, 1.54) is 6.20 Å². The van der Waals surface area contributed by atoms with Crippen LogP contribution in [-0.4, -0.2) is 20.6 Å². The molecule has 0 saturated heterocycles. The van der Waals surface area contributed by atoms with E-state index >= 15 is 0 Å². The molecule has 3 N–H and O–H groups in total. The number of pyridine rings is 2. The second-order valence-electron chi connectivity index (χ2n) is 6.74. The number of primary amides is 1. The fourth-order valence-corrected chi connectivity index (χ4v) is 3.44. The molecular weight excluding hydrogens is 366 g/mol. The Morgan fingerprint density at radius 2 is 1.69 bits per heavy atom. The van der Waals surface area contributed by atoms with Gasteiger partial charge in [-0.15, -0.1) is 0 Å². The van der Waals surface area contributed by atoms with E-state index in [1.54, 1.807) is 10.6 Å². The number of nitrogens with two attached hydrogens (primary N) is 1. The van der Waals surface area contributed by atoms with Crippen LogP contribution in [0.4, 0.5) is 0 Å². The van der Waals surface area contributed by atoms with E-state index in [-0.39, 0.29) is 17.0 Å². The number of hydrogen-bond donors (Lipinski definition) is 2. The first kappa shape index (κ1) is 18.4. The Bertz CT molecular complexity index is 1250. The van der Waals surface area contributed by atoms with Crippen LogP contribution in [0.5, 0.6) is 5.75 Å². The predicted octanol–water partition coefficient (Wildman–Crippen LogP) is 3.11. The maximum atomic E-state index is 13.3. The normalized spacial score (nSPS) is 10.9. The van der Waals surface area contributed by atoms with Crippen LogP contribution >= 0.6 is 0 Å². The van der Waals surface area contributed by atoms with Crippen molar-refractivity contribution in [1.29, 1.82) is 0 Å². The fraction of sp³-hybridized carbons (Fsp3) is 0.0870. The summed E-state index contributed by atoms with van der Waals surface area (Å²) in [6.45, 7) is 0.400. The van der Waals surface area contributed by atoms with Crippen molar-refractivity contribution in [3.63, 3.8) is 0 Å². The van der Waals surface area contributed by atoms with Gasteiger partial charge in [-0.1, -0.05) is 60.7 Å². The lowest BCUT2D eigenvalue weighted by atomic mass is 10.0. The minimum absolute atomic E-state index is 0.187. The minimum Gasteiger partial charge on any atom is -0.505 e. The Morgan fingerprint density at radius 1 is 1.03 bits per heavy atom. The van der Waals surface area contributed by atoms with E-state index in [4.69, 9.17) is 5.73 Å². The molecule has 6 heteroatoms. The SMILES string of the molecule is NC(=O)c1ncc2c(cc(-c3ccccc3)c(=O)n2CCc2ccccc2)c1O. The summed E-state index contributed by atoms with van der Waals surface area (Å²) in [4.78, 5) is 28.9. The van der Waals surface area contributed by atoms with Crippen LogP contribution in [0.3, 0.4) is 0 Å². The largest absolute Gasteiger partial charge is 0.505 e. The smallest absolute Gasteiger partial charge is 0.271 e. The predicted molar refractivity (Wildman–Crippen MR) is 112 cm³/mol. The van der Waals surface area contributed by atoms with Gasteiger partial charge in [0.1, 0.15) is 0 Å². The first-order chi connectivity index (χ1) is 14.1. The van der Waals surface area contributed by atoms with Gasteiger partial charge in [0.25, 0.3) is 11.5 Å². The quantitative estimate of drug-likeness (QED) is 0.551. The Hall–Kier alpha value is -3.93. The zero-order valence-electron chi connectivity index (χ0n) is 15.6. The van der Waals surface area contributed by atoms with E-state index in [0.29, 0.717) is 29.4 Å². The summed E-state index contributed by atoms with van der Waals surface area (Å²) in [5.74, 6) is -1.15. The van der Waals surface area contributed by atoms with Gasteiger partial charge >= 0.3 is 0 Å². The number of hydrogen-bond acceptors (Lipinski definition) is 4. The van der Waals surface area contributed by atoms with Crippen LogP contribution in [0.1, 0.15) is 16.1 Å². The van der Waals surface area contributed by atoms with Crippen molar-refractivity contribution in [2.75, 3.05) is 0 Å². The third-order valence-electron chi connectivity index (χ3n) is 4.91. The lowest BCUT2D eigenvalue weighted by Crippen LogP contribution is -2.24. The Balaban J connectivity index is 1.94. The Kier molecular flexibility index (Phi) is 4.83. The average Bonchev–Trinajstić information content (AvgIpc) is 2.74. The first-order valence-electron chi connectivity index (χ1n) is 9.21. The maximum absolute atomic E-state index is 13.3. The molecule has 0 aliphatic heterocycles. The molecule has 144 valence electrons. The van der Waals surface area contributed by atoms with Crippen LogP contribution < -0.4 is 11.3 Å². The summed E-state index contributed by atoms with van der Waals surface area (Å²) in [6, 6.07) is 20.6. The van der Waals surface area contributed by atoms with Gasteiger partial charge in [-0.25, -0.2) is 4.98 Å². The van der Waals surface area contributed by atoms with Crippen molar-refractivity contribution in [2.24, 2.45) is 5.73 Å². The highest BCUT2D eigenvalue weighted by Crippen LogP contribution is 2.29. The van der Waals surface area contributed by atoms with Gasteiger partial charge in [0, 0.05) is 17.5 Å². The van der Waals surface area contributed by atoms with Crippen molar-refractivity contribution in [1.82, 2.24) is 9.55 Å². The number of benzene rings is 2. The third-order valence-corrected chi connectivity index (χ3v) is 4.91. The van der Waals surface area contributed by atoms with Crippen LogP contribution in [0.15, 0.2) is 77.7 Å². The number of fused-ring (bicyclic) bond motifs is 1. The number of amides is 1. The van der Waals surface area contributed by atoms with Crippen molar-refractivity contribution >= 4 is 16.8 Å². The van der Waals surface area contributed by atoms with E-state index in [9.17, 15) is 14.7 Å². The van der Waals surface area contributed by atoms with E-state index in [2.05, 4.69) is 4.98 Å². The topological polar surface area (TPSA) is 98.2 Å².